The van der Waals surface area contributed by atoms with Crippen LogP contribution in [-0.2, 0) is 16.1 Å². The Balaban J connectivity index is 2.61. The van der Waals surface area contributed by atoms with Gasteiger partial charge in [-0.2, -0.15) is 0 Å². The number of ether oxygens (including phenoxy) is 2. The number of carbonyl (C=O) groups is 1. The van der Waals surface area contributed by atoms with E-state index in [1.54, 1.807) is 12.1 Å². The summed E-state index contributed by atoms with van der Waals surface area (Å²) in [6.45, 7) is 3.57. The van der Waals surface area contributed by atoms with Gasteiger partial charge in [0.25, 0.3) is 0 Å². The Morgan fingerprint density at radius 2 is 2.21 bits per heavy atom. The van der Waals surface area contributed by atoms with Gasteiger partial charge < -0.3 is 14.8 Å². The molecule has 0 bridgehead atoms. The molecule has 106 valence electrons. The molecule has 0 unspecified atom stereocenters. The molecule has 0 saturated carbocycles. The third-order valence-corrected chi connectivity index (χ3v) is 2.57. The zero-order chi connectivity index (χ0) is 14.1. The lowest BCUT2D eigenvalue weighted by molar-refractivity contribution is -0.141. The predicted molar refractivity (Wildman–Crippen MR) is 70.5 cm³/mol. The highest BCUT2D eigenvalue weighted by Gasteiger charge is 2.10. The van der Waals surface area contributed by atoms with Crippen LogP contribution in [0.25, 0.3) is 0 Å². The summed E-state index contributed by atoms with van der Waals surface area (Å²) in [6, 6.07) is 4.79. The van der Waals surface area contributed by atoms with Crippen molar-refractivity contribution < 1.29 is 18.7 Å². The first-order valence-corrected chi connectivity index (χ1v) is 6.36. The second kappa shape index (κ2) is 8.48. The fourth-order valence-corrected chi connectivity index (χ4v) is 1.59. The van der Waals surface area contributed by atoms with Gasteiger partial charge in [-0.15, -0.1) is 0 Å². The van der Waals surface area contributed by atoms with Crippen LogP contribution in [0.5, 0.6) is 5.75 Å². The number of para-hydroxylation sites is 1. The minimum absolute atomic E-state index is 0.104. The Morgan fingerprint density at radius 1 is 1.42 bits per heavy atom. The van der Waals surface area contributed by atoms with Gasteiger partial charge in [-0.25, -0.2) is 4.39 Å². The maximum atomic E-state index is 13.7. The van der Waals surface area contributed by atoms with Crippen molar-refractivity contribution in [3.63, 3.8) is 0 Å². The molecule has 5 heteroatoms. The van der Waals surface area contributed by atoms with Crippen LogP contribution < -0.4 is 10.1 Å². The van der Waals surface area contributed by atoms with Crippen molar-refractivity contribution in [2.24, 2.45) is 0 Å². The van der Waals surface area contributed by atoms with Gasteiger partial charge in [0, 0.05) is 12.1 Å². The number of carbonyl (C=O) groups excluding carboxylic acids is 1. The Bertz CT molecular complexity index is 410. The van der Waals surface area contributed by atoms with Crippen LogP contribution in [0.4, 0.5) is 4.39 Å². The number of nitrogens with one attached hydrogen (secondary N) is 1. The molecule has 0 amide bonds. The molecule has 4 nitrogen and oxygen atoms in total. The minimum atomic E-state index is -0.416. The van der Waals surface area contributed by atoms with E-state index in [1.165, 1.54) is 13.2 Å². The number of rotatable bonds is 8. The van der Waals surface area contributed by atoms with E-state index in [0.717, 1.165) is 18.5 Å². The van der Waals surface area contributed by atoms with Gasteiger partial charge >= 0.3 is 5.97 Å². The summed E-state index contributed by atoms with van der Waals surface area (Å²) >= 11 is 0. The molecule has 0 aliphatic heterocycles. The van der Waals surface area contributed by atoms with Gasteiger partial charge in [-0.3, -0.25) is 4.79 Å². The Morgan fingerprint density at radius 3 is 2.89 bits per heavy atom. The van der Waals surface area contributed by atoms with E-state index in [9.17, 15) is 9.18 Å². The molecule has 0 fully saturated rings. The number of esters is 1. The van der Waals surface area contributed by atoms with E-state index in [1.807, 2.05) is 0 Å². The zero-order valence-electron chi connectivity index (χ0n) is 11.4. The maximum absolute atomic E-state index is 13.7. The average Bonchev–Trinajstić information content (AvgIpc) is 2.41. The van der Waals surface area contributed by atoms with Crippen LogP contribution in [0.1, 0.15) is 25.3 Å². The first-order chi connectivity index (χ1) is 9.19. The van der Waals surface area contributed by atoms with Crippen LogP contribution in [0.15, 0.2) is 18.2 Å². The Labute approximate surface area is 112 Å². The molecule has 0 aromatic heterocycles. The zero-order valence-corrected chi connectivity index (χ0v) is 11.4. The topological polar surface area (TPSA) is 47.6 Å². The number of methoxy groups -OCH3 is 1. The van der Waals surface area contributed by atoms with Crippen LogP contribution in [0, 0.1) is 5.82 Å². The van der Waals surface area contributed by atoms with Gasteiger partial charge in [-0.05, 0) is 19.0 Å². The largest absolute Gasteiger partial charge is 0.490 e. The quantitative estimate of drug-likeness (QED) is 0.581. The summed E-state index contributed by atoms with van der Waals surface area (Å²) in [6.07, 6.45) is 1.11. The van der Waals surface area contributed by atoms with Gasteiger partial charge in [0.05, 0.1) is 20.1 Å². The maximum Gasteiger partial charge on any atom is 0.308 e. The Hall–Kier alpha value is -1.62. The lowest BCUT2D eigenvalue weighted by Crippen LogP contribution is -2.16. The molecule has 1 N–H and O–H groups in total. The molecule has 0 radical (unpaired) electrons. The third-order valence-electron chi connectivity index (χ3n) is 2.57. The van der Waals surface area contributed by atoms with E-state index in [2.05, 4.69) is 17.0 Å². The summed E-state index contributed by atoms with van der Waals surface area (Å²) < 4.78 is 23.6. The smallest absolute Gasteiger partial charge is 0.308 e. The number of benzene rings is 1. The molecule has 1 rings (SSSR count). The van der Waals surface area contributed by atoms with Crippen molar-refractivity contribution in [3.8, 4) is 5.75 Å². The fraction of sp³-hybridized carbons (Fsp3) is 0.500. The van der Waals surface area contributed by atoms with Gasteiger partial charge in [0.2, 0.25) is 0 Å². The predicted octanol–water partition coefficient (Wildman–Crippen LogP) is 2.27. The molecule has 0 aliphatic carbocycles. The fourth-order valence-electron chi connectivity index (χ4n) is 1.59. The lowest BCUT2D eigenvalue weighted by Gasteiger charge is -2.12. The summed E-state index contributed by atoms with van der Waals surface area (Å²) in [5, 5.41) is 3.19. The lowest BCUT2D eigenvalue weighted by atomic mass is 10.2. The molecule has 0 heterocycles. The third kappa shape index (κ3) is 5.26. The molecule has 19 heavy (non-hydrogen) atoms. The second-order valence-electron chi connectivity index (χ2n) is 4.08. The number of hydrogen-bond acceptors (Lipinski definition) is 4. The van der Waals surface area contributed by atoms with Crippen molar-refractivity contribution >= 4 is 5.97 Å². The average molecular weight is 269 g/mol. The van der Waals surface area contributed by atoms with E-state index >= 15 is 0 Å². The summed E-state index contributed by atoms with van der Waals surface area (Å²) in [5.41, 5.74) is 0.748. The van der Waals surface area contributed by atoms with Crippen LogP contribution in [0.2, 0.25) is 0 Å². The summed E-state index contributed by atoms with van der Waals surface area (Å²) in [7, 11) is 1.31. The molecular formula is C14H20FNO3. The van der Waals surface area contributed by atoms with E-state index in [0.29, 0.717) is 6.54 Å². The van der Waals surface area contributed by atoms with Crippen molar-refractivity contribution in [2.45, 2.75) is 26.3 Å². The molecule has 0 aliphatic rings. The van der Waals surface area contributed by atoms with Crippen LogP contribution in [0.3, 0.4) is 0 Å². The summed E-state index contributed by atoms with van der Waals surface area (Å²) in [5.74, 6) is -0.585. The molecule has 1 aromatic rings. The first kappa shape index (κ1) is 15.4. The van der Waals surface area contributed by atoms with Crippen LogP contribution >= 0.6 is 0 Å². The van der Waals surface area contributed by atoms with Crippen LogP contribution in [-0.4, -0.2) is 26.2 Å². The minimum Gasteiger partial charge on any atom is -0.490 e. The SMILES string of the molecule is CCCNCc1cccc(F)c1OCCC(=O)OC. The molecule has 1 aromatic carbocycles. The molecule has 0 saturated heterocycles. The number of halogens is 1. The first-order valence-electron chi connectivity index (χ1n) is 6.36. The second-order valence-corrected chi connectivity index (χ2v) is 4.08. The van der Waals surface area contributed by atoms with Gasteiger partial charge in [0.1, 0.15) is 0 Å². The van der Waals surface area contributed by atoms with Gasteiger partial charge in [0.15, 0.2) is 11.6 Å². The van der Waals surface area contributed by atoms with Gasteiger partial charge in [-0.1, -0.05) is 19.1 Å². The normalized spacial score (nSPS) is 10.3. The summed E-state index contributed by atoms with van der Waals surface area (Å²) in [4.78, 5) is 11.0. The number of hydrogen-bond donors (Lipinski definition) is 1. The monoisotopic (exact) mass is 269 g/mol. The van der Waals surface area contributed by atoms with E-state index < -0.39 is 5.82 Å². The van der Waals surface area contributed by atoms with Crippen molar-refractivity contribution in [1.82, 2.24) is 5.32 Å². The molecule has 0 spiro atoms. The van der Waals surface area contributed by atoms with Crippen molar-refractivity contribution in [1.29, 1.82) is 0 Å². The highest BCUT2D eigenvalue weighted by molar-refractivity contribution is 5.69. The standard InChI is InChI=1S/C14H20FNO3/c1-3-8-16-10-11-5-4-6-12(15)14(11)19-9-7-13(17)18-2/h4-6,16H,3,7-10H2,1-2H3. The van der Waals surface area contributed by atoms with E-state index in [4.69, 9.17) is 4.74 Å². The van der Waals surface area contributed by atoms with Crippen molar-refractivity contribution in [2.75, 3.05) is 20.3 Å². The van der Waals surface area contributed by atoms with E-state index in [-0.39, 0.29) is 24.7 Å². The highest BCUT2D eigenvalue weighted by Crippen LogP contribution is 2.22. The molecular weight excluding hydrogens is 249 g/mol. The Kier molecular flexibility index (Phi) is 6.89. The van der Waals surface area contributed by atoms with Crippen molar-refractivity contribution in [3.05, 3.63) is 29.6 Å². The molecule has 0 atom stereocenters. The highest BCUT2D eigenvalue weighted by atomic mass is 19.1.